The molecular formula is C8H14N2O5. The highest BCUT2D eigenvalue weighted by Gasteiger charge is 2.22. The van der Waals surface area contributed by atoms with Crippen LogP contribution in [-0.2, 0) is 14.4 Å². The second kappa shape index (κ2) is 5.97. The average Bonchev–Trinajstić information content (AvgIpc) is 2.11. The van der Waals surface area contributed by atoms with Gasteiger partial charge in [-0.25, -0.2) is 4.79 Å². The van der Waals surface area contributed by atoms with E-state index < -0.39 is 36.4 Å². The maximum absolute atomic E-state index is 11.2. The number of hydrogen-bond acceptors (Lipinski definition) is 4. The van der Waals surface area contributed by atoms with E-state index in [1.807, 2.05) is 0 Å². The molecule has 0 rings (SSSR count). The number of carbonyl (C=O) groups excluding carboxylic acids is 1. The quantitative estimate of drug-likeness (QED) is 0.441. The maximum atomic E-state index is 11.2. The third kappa shape index (κ3) is 4.96. The van der Waals surface area contributed by atoms with Crippen molar-refractivity contribution in [1.29, 1.82) is 0 Å². The minimum absolute atomic E-state index is 0.209. The van der Waals surface area contributed by atoms with Crippen LogP contribution in [0, 0.1) is 0 Å². The first-order valence-corrected chi connectivity index (χ1v) is 4.39. The van der Waals surface area contributed by atoms with E-state index in [-0.39, 0.29) is 6.42 Å². The van der Waals surface area contributed by atoms with Crippen LogP contribution in [0.3, 0.4) is 0 Å². The third-order valence-corrected chi connectivity index (χ3v) is 1.75. The summed E-state index contributed by atoms with van der Waals surface area (Å²) < 4.78 is 0. The molecule has 0 aliphatic rings. The van der Waals surface area contributed by atoms with Gasteiger partial charge in [-0.15, -0.1) is 0 Å². The molecule has 15 heavy (non-hydrogen) atoms. The summed E-state index contributed by atoms with van der Waals surface area (Å²) in [5, 5.41) is 19.1. The van der Waals surface area contributed by atoms with Crippen LogP contribution in [0.15, 0.2) is 0 Å². The molecule has 7 heteroatoms. The van der Waals surface area contributed by atoms with Gasteiger partial charge in [0.15, 0.2) is 0 Å². The van der Waals surface area contributed by atoms with Crippen molar-refractivity contribution in [3.05, 3.63) is 0 Å². The molecule has 0 heterocycles. The molecule has 1 unspecified atom stereocenters. The average molecular weight is 218 g/mol. The van der Waals surface area contributed by atoms with Crippen LogP contribution in [0.4, 0.5) is 0 Å². The Morgan fingerprint density at radius 3 is 2.20 bits per heavy atom. The van der Waals surface area contributed by atoms with Gasteiger partial charge in [0.25, 0.3) is 0 Å². The lowest BCUT2D eigenvalue weighted by atomic mass is 10.1. The van der Waals surface area contributed by atoms with Crippen LogP contribution in [-0.4, -0.2) is 40.1 Å². The standard InChI is InChI=1S/C8H14N2O5/c1-2-5(8(14)15)10-7(13)4(9)3-6(11)12/h4-5H,2-3,9H2,1H3,(H,10,13)(H,11,12)(H,14,15)/t4-,5?/m0/s1. The molecule has 0 aromatic heterocycles. The monoisotopic (exact) mass is 218 g/mol. The zero-order valence-corrected chi connectivity index (χ0v) is 8.27. The first kappa shape index (κ1) is 13.4. The van der Waals surface area contributed by atoms with E-state index in [0.717, 1.165) is 0 Å². The summed E-state index contributed by atoms with van der Waals surface area (Å²) in [6, 6.07) is -2.26. The van der Waals surface area contributed by atoms with Gasteiger partial charge in [0.1, 0.15) is 6.04 Å². The first-order valence-electron chi connectivity index (χ1n) is 4.39. The molecule has 0 saturated heterocycles. The van der Waals surface area contributed by atoms with Crippen molar-refractivity contribution in [1.82, 2.24) is 5.32 Å². The Bertz CT molecular complexity index is 266. The van der Waals surface area contributed by atoms with E-state index in [1.165, 1.54) is 0 Å². The van der Waals surface area contributed by atoms with Gasteiger partial charge >= 0.3 is 11.9 Å². The summed E-state index contributed by atoms with van der Waals surface area (Å²) in [5.41, 5.74) is 5.24. The van der Waals surface area contributed by atoms with E-state index in [0.29, 0.717) is 0 Å². The Labute approximate surface area is 86.3 Å². The summed E-state index contributed by atoms with van der Waals surface area (Å²) in [7, 11) is 0. The van der Waals surface area contributed by atoms with Crippen molar-refractivity contribution in [2.45, 2.75) is 31.8 Å². The Morgan fingerprint density at radius 2 is 1.87 bits per heavy atom. The van der Waals surface area contributed by atoms with Crippen LogP contribution < -0.4 is 11.1 Å². The number of aliphatic carboxylic acids is 2. The zero-order chi connectivity index (χ0) is 12.0. The smallest absolute Gasteiger partial charge is 0.326 e. The number of carboxylic acids is 2. The minimum atomic E-state index is -1.23. The van der Waals surface area contributed by atoms with Crippen molar-refractivity contribution in [3.8, 4) is 0 Å². The molecular weight excluding hydrogens is 204 g/mol. The Balaban J connectivity index is 4.21. The normalized spacial score (nSPS) is 14.0. The van der Waals surface area contributed by atoms with Gasteiger partial charge in [0.05, 0.1) is 12.5 Å². The molecule has 0 fully saturated rings. The Morgan fingerprint density at radius 1 is 1.33 bits per heavy atom. The number of carbonyl (C=O) groups is 3. The predicted molar refractivity (Wildman–Crippen MR) is 50.1 cm³/mol. The molecule has 86 valence electrons. The Kier molecular flexibility index (Phi) is 5.32. The molecule has 1 amide bonds. The summed E-state index contributed by atoms with van der Waals surface area (Å²) in [5.74, 6) is -3.15. The molecule has 0 radical (unpaired) electrons. The van der Waals surface area contributed by atoms with Crippen molar-refractivity contribution in [3.63, 3.8) is 0 Å². The van der Waals surface area contributed by atoms with Gasteiger partial charge in [0, 0.05) is 0 Å². The van der Waals surface area contributed by atoms with E-state index in [4.69, 9.17) is 15.9 Å². The van der Waals surface area contributed by atoms with Gasteiger partial charge in [0.2, 0.25) is 5.91 Å². The molecule has 5 N–H and O–H groups in total. The van der Waals surface area contributed by atoms with Crippen LogP contribution in [0.2, 0.25) is 0 Å². The van der Waals surface area contributed by atoms with Crippen molar-refractivity contribution < 1.29 is 24.6 Å². The number of nitrogens with one attached hydrogen (secondary N) is 1. The zero-order valence-electron chi connectivity index (χ0n) is 8.27. The lowest BCUT2D eigenvalue weighted by Gasteiger charge is -2.15. The van der Waals surface area contributed by atoms with E-state index in [2.05, 4.69) is 5.32 Å². The highest BCUT2D eigenvalue weighted by molar-refractivity contribution is 5.89. The van der Waals surface area contributed by atoms with Crippen molar-refractivity contribution in [2.75, 3.05) is 0 Å². The van der Waals surface area contributed by atoms with E-state index in [1.54, 1.807) is 6.92 Å². The molecule has 2 atom stereocenters. The highest BCUT2D eigenvalue weighted by atomic mass is 16.4. The van der Waals surface area contributed by atoms with Gasteiger partial charge in [-0.3, -0.25) is 9.59 Å². The number of hydrogen-bond donors (Lipinski definition) is 4. The molecule has 7 nitrogen and oxygen atoms in total. The van der Waals surface area contributed by atoms with Crippen LogP contribution in [0.5, 0.6) is 0 Å². The Hall–Kier alpha value is -1.63. The van der Waals surface area contributed by atoms with Crippen LogP contribution in [0.1, 0.15) is 19.8 Å². The minimum Gasteiger partial charge on any atom is -0.481 e. The lowest BCUT2D eigenvalue weighted by Crippen LogP contribution is -2.48. The fourth-order valence-corrected chi connectivity index (χ4v) is 0.898. The molecule has 0 aliphatic heterocycles. The molecule has 0 saturated carbocycles. The van der Waals surface area contributed by atoms with Crippen molar-refractivity contribution in [2.24, 2.45) is 5.73 Å². The summed E-state index contributed by atoms with van der Waals surface area (Å²) >= 11 is 0. The third-order valence-electron chi connectivity index (χ3n) is 1.75. The largest absolute Gasteiger partial charge is 0.481 e. The van der Waals surface area contributed by atoms with Crippen molar-refractivity contribution >= 4 is 17.8 Å². The second-order valence-electron chi connectivity index (χ2n) is 3.01. The lowest BCUT2D eigenvalue weighted by molar-refractivity contribution is -0.142. The SMILES string of the molecule is CCC(NC(=O)[C@@H](N)CC(=O)O)C(=O)O. The maximum Gasteiger partial charge on any atom is 0.326 e. The summed E-state index contributed by atoms with van der Waals surface area (Å²) in [4.78, 5) is 32.0. The van der Waals surface area contributed by atoms with Gasteiger partial charge < -0.3 is 21.3 Å². The topological polar surface area (TPSA) is 130 Å². The van der Waals surface area contributed by atoms with Crippen LogP contribution >= 0.6 is 0 Å². The second-order valence-corrected chi connectivity index (χ2v) is 3.01. The molecule has 0 aromatic rings. The molecule has 0 spiro atoms. The fourth-order valence-electron chi connectivity index (χ4n) is 0.898. The molecule has 0 aromatic carbocycles. The van der Waals surface area contributed by atoms with E-state index >= 15 is 0 Å². The van der Waals surface area contributed by atoms with Gasteiger partial charge in [-0.05, 0) is 6.42 Å². The number of amides is 1. The number of nitrogens with two attached hydrogens (primary N) is 1. The fraction of sp³-hybridized carbons (Fsp3) is 0.625. The van der Waals surface area contributed by atoms with Gasteiger partial charge in [-0.1, -0.05) is 6.92 Å². The number of carboxylic acid groups (broad SMARTS) is 2. The summed E-state index contributed by atoms with van der Waals surface area (Å²) in [6.45, 7) is 1.59. The first-order chi connectivity index (χ1) is 6.88. The van der Waals surface area contributed by atoms with E-state index in [9.17, 15) is 14.4 Å². The highest BCUT2D eigenvalue weighted by Crippen LogP contribution is 1.94. The molecule has 0 bridgehead atoms. The van der Waals surface area contributed by atoms with Crippen LogP contribution in [0.25, 0.3) is 0 Å². The molecule has 0 aliphatic carbocycles. The number of rotatable bonds is 6. The summed E-state index contributed by atoms with van der Waals surface area (Å²) in [6.07, 6.45) is -0.317. The van der Waals surface area contributed by atoms with Gasteiger partial charge in [-0.2, -0.15) is 0 Å². The predicted octanol–water partition coefficient (Wildman–Crippen LogP) is -1.23.